The first kappa shape index (κ1) is 28.3. The van der Waals surface area contributed by atoms with Gasteiger partial charge in [-0.1, -0.05) is 48.9 Å². The van der Waals surface area contributed by atoms with Crippen LogP contribution < -0.4 is 9.62 Å². The van der Waals surface area contributed by atoms with E-state index < -0.39 is 34.5 Å². The molecule has 0 heterocycles. The average molecular weight is 507 g/mol. The van der Waals surface area contributed by atoms with Crippen molar-refractivity contribution in [3.05, 3.63) is 65.5 Å². The first-order valence-corrected chi connectivity index (χ1v) is 12.9. The highest BCUT2D eigenvalue weighted by atomic mass is 32.2. The van der Waals surface area contributed by atoms with Crippen LogP contribution in [-0.4, -0.2) is 62.2 Å². The second-order valence-corrected chi connectivity index (χ2v) is 10.8. The van der Waals surface area contributed by atoms with Gasteiger partial charge in [0.25, 0.3) is 0 Å². The second-order valence-electron chi connectivity index (χ2n) is 8.75. The number of halogens is 1. The number of hydrogen-bond acceptors (Lipinski definition) is 4. The van der Waals surface area contributed by atoms with Crippen LogP contribution in [0.25, 0.3) is 0 Å². The number of para-hydroxylation sites is 1. The van der Waals surface area contributed by atoms with Gasteiger partial charge in [0.1, 0.15) is 18.4 Å². The second kappa shape index (κ2) is 12.1. The molecule has 0 aliphatic rings. The average Bonchev–Trinajstić information content (AvgIpc) is 2.81. The molecule has 1 N–H and O–H groups in total. The summed E-state index contributed by atoms with van der Waals surface area (Å²) in [4.78, 5) is 27.8. The van der Waals surface area contributed by atoms with E-state index in [0.29, 0.717) is 6.42 Å². The highest BCUT2D eigenvalue weighted by Gasteiger charge is 2.33. The largest absolute Gasteiger partial charge is 0.352 e. The Morgan fingerprint density at radius 3 is 2.17 bits per heavy atom. The van der Waals surface area contributed by atoms with Gasteiger partial charge >= 0.3 is 10.2 Å². The number of benzene rings is 2. The van der Waals surface area contributed by atoms with E-state index in [9.17, 15) is 22.4 Å². The Bertz CT molecular complexity index is 1120. The summed E-state index contributed by atoms with van der Waals surface area (Å²) in [6.07, 6.45) is 0.715. The molecule has 0 bridgehead atoms. The molecule has 2 aromatic carbocycles. The van der Waals surface area contributed by atoms with Crippen LogP contribution in [0.3, 0.4) is 0 Å². The minimum absolute atomic E-state index is 0.0847. The topological polar surface area (TPSA) is 90.0 Å². The summed E-state index contributed by atoms with van der Waals surface area (Å²) in [6, 6.07) is 11.9. The maximum Gasteiger partial charge on any atom is 0.304 e. The molecule has 0 saturated heterocycles. The summed E-state index contributed by atoms with van der Waals surface area (Å²) in [5.41, 5.74) is 1.57. The molecule has 2 atom stereocenters. The number of nitrogens with zero attached hydrogens (tertiary/aromatic N) is 3. The van der Waals surface area contributed by atoms with Crippen LogP contribution in [0, 0.1) is 12.7 Å². The molecule has 2 aromatic rings. The fourth-order valence-electron chi connectivity index (χ4n) is 3.29. The third kappa shape index (κ3) is 7.25. The quantitative estimate of drug-likeness (QED) is 0.507. The van der Waals surface area contributed by atoms with Crippen molar-refractivity contribution < 1.29 is 22.4 Å². The van der Waals surface area contributed by atoms with Gasteiger partial charge in [0, 0.05) is 26.7 Å². The Hall–Kier alpha value is -2.98. The smallest absolute Gasteiger partial charge is 0.304 e. The van der Waals surface area contributed by atoms with Crippen LogP contribution >= 0.6 is 0 Å². The van der Waals surface area contributed by atoms with Crippen LogP contribution in [-0.2, 0) is 26.3 Å². The molecule has 35 heavy (non-hydrogen) atoms. The molecule has 192 valence electrons. The zero-order chi connectivity index (χ0) is 26.3. The molecule has 10 heteroatoms. The van der Waals surface area contributed by atoms with Crippen molar-refractivity contribution in [3.63, 3.8) is 0 Å². The first-order chi connectivity index (χ1) is 16.4. The van der Waals surface area contributed by atoms with Crippen molar-refractivity contribution in [2.75, 3.05) is 24.9 Å². The summed E-state index contributed by atoms with van der Waals surface area (Å²) in [6.45, 7) is 6.74. The molecule has 0 spiro atoms. The standard InChI is InChI=1S/C25H35FN4O4S/c1-7-19(3)27-25(32)20(4)29(16-21-14-12-18(2)13-15-21)24(31)17-30(35(33,34)28(5)6)23-11-9-8-10-22(23)26/h8-15,19-20H,7,16-17H2,1-6H3,(H,27,32)/t19-,20+/m1/s1. The van der Waals surface area contributed by atoms with Gasteiger partial charge in [0.15, 0.2) is 0 Å². The molecule has 0 fully saturated rings. The lowest BCUT2D eigenvalue weighted by atomic mass is 10.1. The summed E-state index contributed by atoms with van der Waals surface area (Å²) >= 11 is 0. The van der Waals surface area contributed by atoms with Gasteiger partial charge in [-0.2, -0.15) is 12.7 Å². The van der Waals surface area contributed by atoms with Crippen molar-refractivity contribution in [1.82, 2.24) is 14.5 Å². The van der Waals surface area contributed by atoms with Crippen LogP contribution in [0.15, 0.2) is 48.5 Å². The van der Waals surface area contributed by atoms with E-state index >= 15 is 0 Å². The zero-order valence-electron chi connectivity index (χ0n) is 21.2. The van der Waals surface area contributed by atoms with E-state index in [-0.39, 0.29) is 24.2 Å². The van der Waals surface area contributed by atoms with Crippen LogP contribution in [0.2, 0.25) is 0 Å². The fraction of sp³-hybridized carbons (Fsp3) is 0.440. The molecule has 2 amide bonds. The van der Waals surface area contributed by atoms with Crippen LogP contribution in [0.4, 0.5) is 10.1 Å². The molecule has 0 radical (unpaired) electrons. The fourth-order valence-corrected chi connectivity index (χ4v) is 4.36. The Morgan fingerprint density at radius 1 is 1.03 bits per heavy atom. The predicted molar refractivity (Wildman–Crippen MR) is 135 cm³/mol. The highest BCUT2D eigenvalue weighted by Crippen LogP contribution is 2.24. The van der Waals surface area contributed by atoms with Gasteiger partial charge < -0.3 is 10.2 Å². The molecule has 0 aliphatic carbocycles. The number of hydrogen-bond donors (Lipinski definition) is 1. The lowest BCUT2D eigenvalue weighted by Gasteiger charge is -2.33. The van der Waals surface area contributed by atoms with Gasteiger partial charge in [0.05, 0.1) is 5.69 Å². The monoisotopic (exact) mass is 506 g/mol. The van der Waals surface area contributed by atoms with Gasteiger partial charge in [-0.3, -0.25) is 9.59 Å². The maximum absolute atomic E-state index is 14.6. The van der Waals surface area contributed by atoms with E-state index in [4.69, 9.17) is 0 Å². The van der Waals surface area contributed by atoms with Gasteiger partial charge in [-0.05, 0) is 44.9 Å². The number of rotatable bonds is 11. The highest BCUT2D eigenvalue weighted by molar-refractivity contribution is 7.90. The number of nitrogens with one attached hydrogen (secondary N) is 1. The van der Waals surface area contributed by atoms with E-state index in [0.717, 1.165) is 25.8 Å². The number of carbonyl (C=O) groups excluding carboxylic acids is 2. The molecule has 2 rings (SSSR count). The normalized spacial score (nSPS) is 13.3. The van der Waals surface area contributed by atoms with Gasteiger partial charge in [-0.25, -0.2) is 8.70 Å². The Kier molecular flexibility index (Phi) is 9.79. The molecular formula is C25H35FN4O4S. The van der Waals surface area contributed by atoms with E-state index in [1.165, 1.54) is 37.2 Å². The van der Waals surface area contributed by atoms with Crippen LogP contribution in [0.1, 0.15) is 38.3 Å². The summed E-state index contributed by atoms with van der Waals surface area (Å²) < 4.78 is 42.4. The Morgan fingerprint density at radius 2 is 1.63 bits per heavy atom. The SMILES string of the molecule is CC[C@@H](C)NC(=O)[C@H](C)N(Cc1ccc(C)cc1)C(=O)CN(c1ccccc1F)S(=O)(=O)N(C)C. The number of carbonyl (C=O) groups is 2. The van der Waals surface area contributed by atoms with E-state index in [2.05, 4.69) is 5.32 Å². The Labute approximate surface area is 207 Å². The van der Waals surface area contributed by atoms with Crippen molar-refractivity contribution in [1.29, 1.82) is 0 Å². The maximum atomic E-state index is 14.6. The molecular weight excluding hydrogens is 471 g/mol. The van der Waals surface area contributed by atoms with Gasteiger partial charge in [-0.15, -0.1) is 0 Å². The third-order valence-corrected chi connectivity index (χ3v) is 7.59. The lowest BCUT2D eigenvalue weighted by Crippen LogP contribution is -2.53. The summed E-state index contributed by atoms with van der Waals surface area (Å²) in [7, 11) is -1.60. The lowest BCUT2D eigenvalue weighted by molar-refractivity contribution is -0.139. The van der Waals surface area contributed by atoms with E-state index in [1.807, 2.05) is 45.0 Å². The van der Waals surface area contributed by atoms with E-state index in [1.54, 1.807) is 6.92 Å². The van der Waals surface area contributed by atoms with Crippen molar-refractivity contribution >= 4 is 27.7 Å². The minimum Gasteiger partial charge on any atom is -0.352 e. The third-order valence-electron chi connectivity index (χ3n) is 5.78. The summed E-state index contributed by atoms with van der Waals surface area (Å²) in [5, 5.41) is 2.87. The number of aryl methyl sites for hydroxylation is 1. The Balaban J connectivity index is 2.46. The molecule has 0 unspecified atom stereocenters. The molecule has 8 nitrogen and oxygen atoms in total. The number of anilines is 1. The molecule has 0 aliphatic heterocycles. The van der Waals surface area contributed by atoms with Crippen molar-refractivity contribution in [2.45, 2.75) is 52.7 Å². The van der Waals surface area contributed by atoms with Crippen LogP contribution in [0.5, 0.6) is 0 Å². The minimum atomic E-state index is -4.21. The molecule has 0 saturated carbocycles. The molecule has 0 aromatic heterocycles. The van der Waals surface area contributed by atoms with Crippen molar-refractivity contribution in [3.8, 4) is 0 Å². The first-order valence-electron chi connectivity index (χ1n) is 11.5. The van der Waals surface area contributed by atoms with Crippen molar-refractivity contribution in [2.24, 2.45) is 0 Å². The zero-order valence-corrected chi connectivity index (χ0v) is 22.0. The van der Waals surface area contributed by atoms with Gasteiger partial charge in [0.2, 0.25) is 11.8 Å². The summed E-state index contributed by atoms with van der Waals surface area (Å²) in [5.74, 6) is -1.77. The predicted octanol–water partition coefficient (Wildman–Crippen LogP) is 3.08. The number of amides is 2.